The van der Waals surface area contributed by atoms with Crippen molar-refractivity contribution in [3.05, 3.63) is 0 Å². The van der Waals surface area contributed by atoms with Crippen LogP contribution in [-0.4, -0.2) is 42.2 Å². The zero-order valence-electron chi connectivity index (χ0n) is 6.21. The van der Waals surface area contributed by atoms with Crippen molar-refractivity contribution < 1.29 is 9.90 Å². The maximum absolute atomic E-state index is 10.8. The van der Waals surface area contributed by atoms with E-state index >= 15 is 0 Å². The monoisotopic (exact) mass is 146 g/mol. The second-order valence-corrected chi connectivity index (χ2v) is 1.90. The van der Waals surface area contributed by atoms with E-state index in [1.807, 2.05) is 6.92 Å². The number of hydrogen-bond donors (Lipinski definition) is 2. The van der Waals surface area contributed by atoms with E-state index in [1.165, 1.54) is 4.90 Å². The fraction of sp³-hybridized carbons (Fsp3) is 0.833. The molecule has 0 unspecified atom stereocenters. The Labute approximate surface area is 60.6 Å². The lowest BCUT2D eigenvalue weighted by Crippen LogP contribution is -2.37. The Morgan fingerprint density at radius 2 is 2.30 bits per heavy atom. The van der Waals surface area contributed by atoms with Gasteiger partial charge in [0, 0.05) is 13.1 Å². The molecular weight excluding hydrogens is 132 g/mol. The molecule has 10 heavy (non-hydrogen) atoms. The second kappa shape index (κ2) is 5.20. The van der Waals surface area contributed by atoms with E-state index in [0.29, 0.717) is 13.1 Å². The number of amides is 1. The fourth-order valence-electron chi connectivity index (χ4n) is 0.709. The van der Waals surface area contributed by atoms with Crippen molar-refractivity contribution in [2.75, 3.05) is 26.2 Å². The maximum atomic E-state index is 10.8. The van der Waals surface area contributed by atoms with Crippen LogP contribution in [0.4, 0.5) is 0 Å². The second-order valence-electron chi connectivity index (χ2n) is 1.90. The number of likely N-dealkylation sites (N-methyl/N-ethyl adjacent to an activating group) is 1. The molecule has 0 bridgehead atoms. The predicted molar refractivity (Wildman–Crippen MR) is 38.4 cm³/mol. The van der Waals surface area contributed by atoms with Gasteiger partial charge in [-0.2, -0.15) is 0 Å². The van der Waals surface area contributed by atoms with Crippen molar-refractivity contribution in [1.29, 1.82) is 0 Å². The van der Waals surface area contributed by atoms with Crippen LogP contribution in [0.15, 0.2) is 0 Å². The zero-order valence-corrected chi connectivity index (χ0v) is 6.21. The molecule has 1 amide bonds. The molecular formula is C6H14N2O2. The van der Waals surface area contributed by atoms with Gasteiger partial charge in [0.2, 0.25) is 5.91 Å². The number of rotatable bonds is 4. The summed E-state index contributed by atoms with van der Waals surface area (Å²) in [7, 11) is 0. The van der Waals surface area contributed by atoms with Gasteiger partial charge in [0.1, 0.15) is 0 Å². The number of nitrogens with zero attached hydrogens (tertiary/aromatic N) is 1. The van der Waals surface area contributed by atoms with E-state index in [0.717, 1.165) is 0 Å². The lowest BCUT2D eigenvalue weighted by atomic mass is 10.4. The van der Waals surface area contributed by atoms with Crippen LogP contribution in [0.5, 0.6) is 0 Å². The lowest BCUT2D eigenvalue weighted by molar-refractivity contribution is -0.129. The molecule has 4 nitrogen and oxygen atoms in total. The Hall–Kier alpha value is -0.610. The Bertz CT molecular complexity index is 106. The molecule has 0 aliphatic heterocycles. The van der Waals surface area contributed by atoms with Crippen molar-refractivity contribution in [1.82, 2.24) is 4.90 Å². The summed E-state index contributed by atoms with van der Waals surface area (Å²) in [6.45, 7) is 2.86. The van der Waals surface area contributed by atoms with Gasteiger partial charge in [-0.25, -0.2) is 0 Å². The van der Waals surface area contributed by atoms with E-state index in [4.69, 9.17) is 10.8 Å². The number of carbonyl (C=O) groups is 1. The molecule has 0 aromatic rings. The molecule has 0 heterocycles. The predicted octanol–water partition coefficient (Wildman–Crippen LogP) is -1.21. The molecule has 0 saturated carbocycles. The number of hydrogen-bond acceptors (Lipinski definition) is 3. The fourth-order valence-corrected chi connectivity index (χ4v) is 0.709. The van der Waals surface area contributed by atoms with Crippen LogP contribution >= 0.6 is 0 Å². The van der Waals surface area contributed by atoms with Crippen molar-refractivity contribution in [3.8, 4) is 0 Å². The first-order valence-electron chi connectivity index (χ1n) is 3.35. The third-order valence-electron chi connectivity index (χ3n) is 1.28. The highest BCUT2D eigenvalue weighted by Gasteiger charge is 2.06. The molecule has 0 aliphatic carbocycles. The minimum absolute atomic E-state index is 0.000417. The van der Waals surface area contributed by atoms with Crippen LogP contribution in [0, 0.1) is 0 Å². The summed E-state index contributed by atoms with van der Waals surface area (Å²) in [6.07, 6.45) is 0. The minimum Gasteiger partial charge on any atom is -0.395 e. The van der Waals surface area contributed by atoms with Gasteiger partial charge < -0.3 is 15.7 Å². The highest BCUT2D eigenvalue weighted by molar-refractivity contribution is 5.77. The molecule has 0 saturated heterocycles. The van der Waals surface area contributed by atoms with Crippen LogP contribution in [0.3, 0.4) is 0 Å². The molecule has 60 valence electrons. The van der Waals surface area contributed by atoms with Gasteiger partial charge in [-0.3, -0.25) is 4.79 Å². The maximum Gasteiger partial charge on any atom is 0.236 e. The van der Waals surface area contributed by atoms with Gasteiger partial charge in [0.05, 0.1) is 13.2 Å². The average Bonchev–Trinajstić information content (AvgIpc) is 1.99. The number of nitrogens with two attached hydrogens (primary N) is 1. The number of aliphatic hydroxyl groups is 1. The summed E-state index contributed by atoms with van der Waals surface area (Å²) >= 11 is 0. The smallest absolute Gasteiger partial charge is 0.236 e. The van der Waals surface area contributed by atoms with Crippen LogP contribution in [0.25, 0.3) is 0 Å². The standard InChI is InChI=1S/C6H14N2O2/c1-2-8(3-4-9)6(10)5-7/h9H,2-5,7H2,1H3. The molecule has 3 N–H and O–H groups in total. The van der Waals surface area contributed by atoms with Crippen molar-refractivity contribution in [3.63, 3.8) is 0 Å². The number of carbonyl (C=O) groups excluding carboxylic acids is 1. The van der Waals surface area contributed by atoms with Gasteiger partial charge >= 0.3 is 0 Å². The Balaban J connectivity index is 3.68. The van der Waals surface area contributed by atoms with Gasteiger partial charge in [-0.15, -0.1) is 0 Å². The summed E-state index contributed by atoms with van der Waals surface area (Å²) in [5, 5.41) is 8.48. The van der Waals surface area contributed by atoms with Gasteiger partial charge in [0.25, 0.3) is 0 Å². The van der Waals surface area contributed by atoms with Crippen LogP contribution in [0.1, 0.15) is 6.92 Å². The third kappa shape index (κ3) is 2.80. The molecule has 0 spiro atoms. The van der Waals surface area contributed by atoms with Gasteiger partial charge in [0.15, 0.2) is 0 Å². The Morgan fingerprint density at radius 1 is 1.70 bits per heavy atom. The third-order valence-corrected chi connectivity index (χ3v) is 1.28. The highest BCUT2D eigenvalue weighted by atomic mass is 16.3. The van der Waals surface area contributed by atoms with E-state index in [9.17, 15) is 4.79 Å². The lowest BCUT2D eigenvalue weighted by Gasteiger charge is -2.17. The summed E-state index contributed by atoms with van der Waals surface area (Å²) in [5.74, 6) is -0.114. The molecule has 0 radical (unpaired) electrons. The van der Waals surface area contributed by atoms with E-state index in [-0.39, 0.29) is 19.1 Å². The van der Waals surface area contributed by atoms with Gasteiger partial charge in [-0.05, 0) is 6.92 Å². The zero-order chi connectivity index (χ0) is 7.98. The van der Waals surface area contributed by atoms with Crippen molar-refractivity contribution >= 4 is 5.91 Å². The summed E-state index contributed by atoms with van der Waals surface area (Å²) in [5.41, 5.74) is 5.11. The molecule has 4 heteroatoms. The van der Waals surface area contributed by atoms with Crippen LogP contribution in [0.2, 0.25) is 0 Å². The quantitative estimate of drug-likeness (QED) is 0.522. The molecule has 0 atom stereocenters. The molecule has 0 aromatic carbocycles. The van der Waals surface area contributed by atoms with E-state index in [1.54, 1.807) is 0 Å². The van der Waals surface area contributed by atoms with Crippen LogP contribution in [-0.2, 0) is 4.79 Å². The molecule has 0 rings (SSSR count). The Morgan fingerprint density at radius 3 is 2.60 bits per heavy atom. The average molecular weight is 146 g/mol. The summed E-state index contributed by atoms with van der Waals surface area (Å²) < 4.78 is 0. The topological polar surface area (TPSA) is 66.6 Å². The largest absolute Gasteiger partial charge is 0.395 e. The molecule has 0 fully saturated rings. The van der Waals surface area contributed by atoms with Gasteiger partial charge in [-0.1, -0.05) is 0 Å². The normalized spacial score (nSPS) is 9.50. The molecule has 0 aliphatic rings. The first-order chi connectivity index (χ1) is 4.76. The molecule has 0 aromatic heterocycles. The van der Waals surface area contributed by atoms with Crippen LogP contribution < -0.4 is 5.73 Å². The highest BCUT2D eigenvalue weighted by Crippen LogP contribution is 1.85. The SMILES string of the molecule is CCN(CCO)C(=O)CN. The van der Waals surface area contributed by atoms with Crippen molar-refractivity contribution in [2.24, 2.45) is 5.73 Å². The first-order valence-corrected chi connectivity index (χ1v) is 3.35. The van der Waals surface area contributed by atoms with Crippen molar-refractivity contribution in [2.45, 2.75) is 6.92 Å². The number of aliphatic hydroxyl groups excluding tert-OH is 1. The summed E-state index contributed by atoms with van der Waals surface area (Å²) in [6, 6.07) is 0. The van der Waals surface area contributed by atoms with E-state index < -0.39 is 0 Å². The minimum atomic E-state index is -0.114. The summed E-state index contributed by atoms with van der Waals surface area (Å²) in [4.78, 5) is 12.3. The van der Waals surface area contributed by atoms with E-state index in [2.05, 4.69) is 0 Å². The Kier molecular flexibility index (Phi) is 4.88. The first kappa shape index (κ1) is 9.39.